The highest BCUT2D eigenvalue weighted by Crippen LogP contribution is 2.25. The normalized spacial score (nSPS) is 23.1. The van der Waals surface area contributed by atoms with Crippen LogP contribution in [0.3, 0.4) is 0 Å². The zero-order valence-electron chi connectivity index (χ0n) is 14.0. The predicted octanol–water partition coefficient (Wildman–Crippen LogP) is 2.80. The van der Waals surface area contributed by atoms with E-state index in [1.807, 2.05) is 0 Å². The minimum atomic E-state index is -0.371. The number of piperidine rings is 1. The lowest BCUT2D eigenvalue weighted by atomic mass is 9.88. The van der Waals surface area contributed by atoms with Gasteiger partial charge in [0.15, 0.2) is 0 Å². The van der Waals surface area contributed by atoms with Crippen LogP contribution in [0.5, 0.6) is 0 Å². The fraction of sp³-hybridized carbons (Fsp3) is 0.667. The fourth-order valence-corrected chi connectivity index (χ4v) is 4.10. The number of carbonyl (C=O) groups excluding carboxylic acids is 1. The maximum absolute atomic E-state index is 12.4. The van der Waals surface area contributed by atoms with E-state index < -0.39 is 0 Å². The second-order valence-corrected chi connectivity index (χ2v) is 7.55. The first-order chi connectivity index (χ1) is 11.6. The molecular weight excluding hydrogens is 326 g/mol. The molecule has 1 saturated heterocycles. The van der Waals surface area contributed by atoms with Crippen molar-refractivity contribution in [3.05, 3.63) is 33.2 Å². The molecule has 2 aliphatic rings. The van der Waals surface area contributed by atoms with Crippen LogP contribution in [-0.4, -0.2) is 41.5 Å². The monoisotopic (exact) mass is 351 g/mol. The van der Waals surface area contributed by atoms with E-state index in [1.165, 1.54) is 44.4 Å². The summed E-state index contributed by atoms with van der Waals surface area (Å²) in [5.41, 5.74) is 0.0357. The van der Waals surface area contributed by atoms with Gasteiger partial charge in [-0.1, -0.05) is 30.9 Å². The SMILES string of the molecule is O=C(N[C@H]1CCCN(CC2CCCCC2)C1)c1c[nH]c(=O)c(Cl)c1. The maximum atomic E-state index is 12.4. The largest absolute Gasteiger partial charge is 0.348 e. The molecular formula is C18H26ClN3O2. The van der Waals surface area contributed by atoms with Gasteiger partial charge in [-0.2, -0.15) is 0 Å². The van der Waals surface area contributed by atoms with E-state index in [1.54, 1.807) is 0 Å². The Hall–Kier alpha value is -1.33. The van der Waals surface area contributed by atoms with Crippen LogP contribution in [0.15, 0.2) is 17.1 Å². The molecule has 1 aromatic rings. The second-order valence-electron chi connectivity index (χ2n) is 7.14. The molecule has 0 unspecified atom stereocenters. The van der Waals surface area contributed by atoms with Crippen LogP contribution in [0.4, 0.5) is 0 Å². The van der Waals surface area contributed by atoms with E-state index in [2.05, 4.69) is 15.2 Å². The van der Waals surface area contributed by atoms with Crippen molar-refractivity contribution in [1.29, 1.82) is 0 Å². The molecule has 1 aliphatic heterocycles. The number of nitrogens with one attached hydrogen (secondary N) is 2. The summed E-state index contributed by atoms with van der Waals surface area (Å²) < 4.78 is 0. The van der Waals surface area contributed by atoms with E-state index >= 15 is 0 Å². The van der Waals surface area contributed by atoms with Crippen molar-refractivity contribution < 1.29 is 4.79 Å². The molecule has 0 bridgehead atoms. The van der Waals surface area contributed by atoms with Crippen molar-refractivity contribution in [3.8, 4) is 0 Å². The summed E-state index contributed by atoms with van der Waals surface area (Å²) in [6, 6.07) is 1.60. The average molecular weight is 352 g/mol. The van der Waals surface area contributed by atoms with Gasteiger partial charge in [-0.25, -0.2) is 0 Å². The third-order valence-electron chi connectivity index (χ3n) is 5.20. The lowest BCUT2D eigenvalue weighted by Gasteiger charge is -2.36. The lowest BCUT2D eigenvalue weighted by Crippen LogP contribution is -2.49. The maximum Gasteiger partial charge on any atom is 0.266 e. The standard InChI is InChI=1S/C18H26ClN3O2/c19-16-9-14(10-20-18(16)24)17(23)21-15-7-4-8-22(12-15)11-13-5-2-1-3-6-13/h9-10,13,15H,1-8,11-12H2,(H,20,24)(H,21,23)/t15-/m0/s1. The Labute approximate surface area is 147 Å². The van der Waals surface area contributed by atoms with Crippen molar-refractivity contribution in [2.45, 2.75) is 51.0 Å². The number of pyridine rings is 1. The molecule has 1 atom stereocenters. The number of amides is 1. The van der Waals surface area contributed by atoms with Crippen LogP contribution < -0.4 is 10.9 Å². The number of H-pyrrole nitrogens is 1. The smallest absolute Gasteiger partial charge is 0.266 e. The number of carbonyl (C=O) groups is 1. The van der Waals surface area contributed by atoms with E-state index in [4.69, 9.17) is 11.6 Å². The zero-order chi connectivity index (χ0) is 16.9. The van der Waals surface area contributed by atoms with Crippen LogP contribution in [-0.2, 0) is 0 Å². The number of aromatic amines is 1. The fourth-order valence-electron chi connectivity index (χ4n) is 3.93. The van der Waals surface area contributed by atoms with Crippen LogP contribution >= 0.6 is 11.6 Å². The van der Waals surface area contributed by atoms with Crippen molar-refractivity contribution in [3.63, 3.8) is 0 Å². The Morgan fingerprint density at radius 1 is 1.25 bits per heavy atom. The quantitative estimate of drug-likeness (QED) is 0.876. The molecule has 0 spiro atoms. The summed E-state index contributed by atoms with van der Waals surface area (Å²) in [5.74, 6) is 0.656. The number of likely N-dealkylation sites (tertiary alicyclic amines) is 1. The second kappa shape index (κ2) is 8.17. The molecule has 6 heteroatoms. The molecule has 24 heavy (non-hydrogen) atoms. The molecule has 0 radical (unpaired) electrons. The van der Waals surface area contributed by atoms with Gasteiger partial charge in [0.1, 0.15) is 5.02 Å². The van der Waals surface area contributed by atoms with E-state index in [0.29, 0.717) is 5.56 Å². The molecule has 0 aromatic carbocycles. The van der Waals surface area contributed by atoms with Gasteiger partial charge in [-0.15, -0.1) is 0 Å². The summed E-state index contributed by atoms with van der Waals surface area (Å²) in [6.07, 6.45) is 10.4. The van der Waals surface area contributed by atoms with Crippen LogP contribution in [0, 0.1) is 5.92 Å². The van der Waals surface area contributed by atoms with Crippen LogP contribution in [0.25, 0.3) is 0 Å². The number of hydrogen-bond acceptors (Lipinski definition) is 3. The third kappa shape index (κ3) is 4.61. The van der Waals surface area contributed by atoms with Crippen molar-refractivity contribution in [1.82, 2.24) is 15.2 Å². The highest BCUT2D eigenvalue weighted by molar-refractivity contribution is 6.30. The Balaban J connectivity index is 1.53. The predicted molar refractivity (Wildman–Crippen MR) is 95.6 cm³/mol. The van der Waals surface area contributed by atoms with Crippen LogP contribution in [0.2, 0.25) is 5.02 Å². The highest BCUT2D eigenvalue weighted by Gasteiger charge is 2.24. The molecule has 2 fully saturated rings. The van der Waals surface area contributed by atoms with Crippen molar-refractivity contribution >= 4 is 17.5 Å². The first kappa shape index (κ1) is 17.5. The topological polar surface area (TPSA) is 65.2 Å². The van der Waals surface area contributed by atoms with Gasteiger partial charge < -0.3 is 15.2 Å². The van der Waals surface area contributed by atoms with Gasteiger partial charge >= 0.3 is 0 Å². The summed E-state index contributed by atoms with van der Waals surface area (Å²) >= 11 is 5.80. The number of rotatable bonds is 4. The zero-order valence-corrected chi connectivity index (χ0v) is 14.8. The minimum absolute atomic E-state index is 0.0465. The van der Waals surface area contributed by atoms with Crippen LogP contribution in [0.1, 0.15) is 55.3 Å². The van der Waals surface area contributed by atoms with Crippen molar-refractivity contribution in [2.24, 2.45) is 5.92 Å². The lowest BCUT2D eigenvalue weighted by molar-refractivity contribution is 0.0889. The summed E-state index contributed by atoms with van der Waals surface area (Å²) in [7, 11) is 0. The molecule has 132 valence electrons. The summed E-state index contributed by atoms with van der Waals surface area (Å²) in [5, 5.41) is 3.13. The summed E-state index contributed by atoms with van der Waals surface area (Å²) in [4.78, 5) is 28.6. The van der Waals surface area contributed by atoms with E-state index in [0.717, 1.165) is 38.4 Å². The molecule has 3 rings (SSSR count). The number of hydrogen-bond donors (Lipinski definition) is 2. The molecule has 1 saturated carbocycles. The van der Waals surface area contributed by atoms with E-state index in [-0.39, 0.29) is 22.5 Å². The Bertz CT molecular complexity index is 625. The van der Waals surface area contributed by atoms with E-state index in [9.17, 15) is 9.59 Å². The van der Waals surface area contributed by atoms with Crippen molar-refractivity contribution in [2.75, 3.05) is 19.6 Å². The van der Waals surface area contributed by atoms with Gasteiger partial charge in [0.25, 0.3) is 11.5 Å². The average Bonchev–Trinajstić information content (AvgIpc) is 2.58. The molecule has 1 amide bonds. The number of nitrogens with zero attached hydrogens (tertiary/aromatic N) is 1. The van der Waals surface area contributed by atoms with Gasteiger partial charge in [0.2, 0.25) is 0 Å². The number of aromatic nitrogens is 1. The Kier molecular flexibility index (Phi) is 5.95. The highest BCUT2D eigenvalue weighted by atomic mass is 35.5. The Morgan fingerprint density at radius 2 is 2.04 bits per heavy atom. The van der Waals surface area contributed by atoms with Gasteiger partial charge in [0.05, 0.1) is 5.56 Å². The first-order valence-corrected chi connectivity index (χ1v) is 9.41. The molecule has 2 heterocycles. The Morgan fingerprint density at radius 3 is 2.79 bits per heavy atom. The molecule has 1 aromatic heterocycles. The number of halogens is 1. The van der Waals surface area contributed by atoms with Gasteiger partial charge in [0, 0.05) is 25.3 Å². The molecule has 5 nitrogen and oxygen atoms in total. The molecule has 1 aliphatic carbocycles. The van der Waals surface area contributed by atoms with Gasteiger partial charge in [-0.05, 0) is 44.2 Å². The first-order valence-electron chi connectivity index (χ1n) is 9.03. The minimum Gasteiger partial charge on any atom is -0.348 e. The van der Waals surface area contributed by atoms with Gasteiger partial charge in [-0.3, -0.25) is 9.59 Å². The molecule has 2 N–H and O–H groups in total. The summed E-state index contributed by atoms with van der Waals surface area (Å²) in [6.45, 7) is 3.21. The third-order valence-corrected chi connectivity index (χ3v) is 5.48.